The minimum absolute atomic E-state index is 1.01. The van der Waals surface area contributed by atoms with Crippen LogP contribution in [0.1, 0.15) is 11.1 Å². The average molecular weight is 454 g/mol. The van der Waals surface area contributed by atoms with E-state index in [-0.39, 0.29) is 0 Å². The van der Waals surface area contributed by atoms with Gasteiger partial charge in [0, 0.05) is 17.1 Å². The lowest BCUT2D eigenvalue weighted by Gasteiger charge is -2.25. The van der Waals surface area contributed by atoms with Crippen LogP contribution in [-0.4, -0.2) is 6.21 Å². The number of hydrazone groups is 1. The monoisotopic (exact) mass is 453 g/mol. The number of para-hydroxylation sites is 3. The maximum atomic E-state index is 4.83. The standard InChI is InChI=1S/C32H27N3/c1-26-17-21-29(22-18-26)34(28-11-5-2-6-12-28)30-23-19-27(20-24-30)25-33-35(31-13-7-3-8-14-31)32-15-9-4-10-16-32/h2-25H,1H3. The van der Waals surface area contributed by atoms with E-state index in [2.05, 4.69) is 109 Å². The molecule has 0 amide bonds. The van der Waals surface area contributed by atoms with Crippen LogP contribution in [0.2, 0.25) is 0 Å². The van der Waals surface area contributed by atoms with Crippen LogP contribution in [0.4, 0.5) is 28.4 Å². The predicted molar refractivity (Wildman–Crippen MR) is 148 cm³/mol. The van der Waals surface area contributed by atoms with Crippen molar-refractivity contribution >= 4 is 34.7 Å². The summed E-state index contributed by atoms with van der Waals surface area (Å²) in [5, 5.41) is 6.78. The summed E-state index contributed by atoms with van der Waals surface area (Å²) in [7, 11) is 0. The highest BCUT2D eigenvalue weighted by Gasteiger charge is 2.12. The lowest BCUT2D eigenvalue weighted by molar-refractivity contribution is 1.09. The van der Waals surface area contributed by atoms with Crippen molar-refractivity contribution < 1.29 is 0 Å². The van der Waals surface area contributed by atoms with Crippen molar-refractivity contribution in [1.82, 2.24) is 0 Å². The first-order chi connectivity index (χ1) is 17.3. The number of nitrogens with zero attached hydrogens (tertiary/aromatic N) is 3. The number of rotatable bonds is 7. The Morgan fingerprint density at radius 3 is 1.34 bits per heavy atom. The molecule has 0 N–H and O–H groups in total. The van der Waals surface area contributed by atoms with Crippen molar-refractivity contribution in [3.8, 4) is 0 Å². The summed E-state index contributed by atoms with van der Waals surface area (Å²) in [6.07, 6.45) is 1.91. The van der Waals surface area contributed by atoms with Crippen LogP contribution < -0.4 is 9.91 Å². The molecule has 5 rings (SSSR count). The lowest BCUT2D eigenvalue weighted by atomic mass is 10.1. The molecule has 3 heteroatoms. The second-order valence-corrected chi connectivity index (χ2v) is 8.33. The lowest BCUT2D eigenvalue weighted by Crippen LogP contribution is -2.10. The predicted octanol–water partition coefficient (Wildman–Crippen LogP) is 8.64. The van der Waals surface area contributed by atoms with Crippen LogP contribution in [-0.2, 0) is 0 Å². The summed E-state index contributed by atoms with van der Waals surface area (Å²) in [6, 6.07) is 48.0. The highest BCUT2D eigenvalue weighted by atomic mass is 15.5. The summed E-state index contributed by atoms with van der Waals surface area (Å²) in [5.74, 6) is 0. The first kappa shape index (κ1) is 22.2. The molecule has 0 fully saturated rings. The summed E-state index contributed by atoms with van der Waals surface area (Å²) < 4.78 is 0. The Morgan fingerprint density at radius 2 is 0.857 bits per heavy atom. The van der Waals surface area contributed by atoms with E-state index in [1.54, 1.807) is 0 Å². The number of benzene rings is 5. The summed E-state index contributed by atoms with van der Waals surface area (Å²) in [4.78, 5) is 2.26. The van der Waals surface area contributed by atoms with Gasteiger partial charge in [-0.05, 0) is 73.2 Å². The maximum absolute atomic E-state index is 4.83. The zero-order chi connectivity index (χ0) is 23.9. The highest BCUT2D eigenvalue weighted by molar-refractivity contribution is 5.84. The van der Waals surface area contributed by atoms with Gasteiger partial charge < -0.3 is 4.90 Å². The Labute approximate surface area is 207 Å². The number of aryl methyl sites for hydroxylation is 1. The van der Waals surface area contributed by atoms with Crippen molar-refractivity contribution in [2.24, 2.45) is 5.10 Å². The van der Waals surface area contributed by atoms with Gasteiger partial charge in [-0.25, -0.2) is 5.01 Å². The molecular weight excluding hydrogens is 426 g/mol. The SMILES string of the molecule is Cc1ccc(N(c2ccccc2)c2ccc(C=NN(c3ccccc3)c3ccccc3)cc2)cc1. The first-order valence-electron chi connectivity index (χ1n) is 11.7. The first-order valence-corrected chi connectivity index (χ1v) is 11.7. The Kier molecular flexibility index (Phi) is 6.67. The Hall–Kier alpha value is -4.63. The molecule has 0 heterocycles. The Balaban J connectivity index is 1.45. The fourth-order valence-corrected chi connectivity index (χ4v) is 3.97. The smallest absolute Gasteiger partial charge is 0.0652 e. The van der Waals surface area contributed by atoms with Crippen molar-refractivity contribution in [2.45, 2.75) is 6.92 Å². The van der Waals surface area contributed by atoms with Crippen LogP contribution in [0.25, 0.3) is 0 Å². The number of hydrogen-bond donors (Lipinski definition) is 0. The van der Waals surface area contributed by atoms with Gasteiger partial charge in [-0.1, -0.05) is 84.4 Å². The topological polar surface area (TPSA) is 18.8 Å². The minimum Gasteiger partial charge on any atom is -0.311 e. The molecule has 0 atom stereocenters. The summed E-state index contributed by atoms with van der Waals surface area (Å²) >= 11 is 0. The maximum Gasteiger partial charge on any atom is 0.0652 e. The summed E-state index contributed by atoms with van der Waals surface area (Å²) in [6.45, 7) is 2.11. The van der Waals surface area contributed by atoms with E-state index in [0.717, 1.165) is 34.0 Å². The van der Waals surface area contributed by atoms with Gasteiger partial charge >= 0.3 is 0 Å². The molecule has 5 aromatic carbocycles. The van der Waals surface area contributed by atoms with E-state index in [1.165, 1.54) is 5.56 Å². The van der Waals surface area contributed by atoms with Gasteiger partial charge in [-0.3, -0.25) is 0 Å². The van der Waals surface area contributed by atoms with E-state index >= 15 is 0 Å². The molecule has 0 saturated heterocycles. The Bertz CT molecular complexity index is 1320. The zero-order valence-electron chi connectivity index (χ0n) is 19.7. The van der Waals surface area contributed by atoms with Gasteiger partial charge in [0.15, 0.2) is 0 Å². The normalized spacial score (nSPS) is 10.9. The van der Waals surface area contributed by atoms with Crippen molar-refractivity contribution in [2.75, 3.05) is 9.91 Å². The van der Waals surface area contributed by atoms with Crippen molar-refractivity contribution in [3.63, 3.8) is 0 Å². The van der Waals surface area contributed by atoms with Gasteiger partial charge in [0.05, 0.1) is 17.6 Å². The molecule has 170 valence electrons. The van der Waals surface area contributed by atoms with E-state index in [0.29, 0.717) is 0 Å². The number of hydrogen-bond acceptors (Lipinski definition) is 3. The van der Waals surface area contributed by atoms with Gasteiger partial charge in [0.1, 0.15) is 0 Å². The highest BCUT2D eigenvalue weighted by Crippen LogP contribution is 2.34. The van der Waals surface area contributed by atoms with Crippen LogP contribution in [0.15, 0.2) is 145 Å². The van der Waals surface area contributed by atoms with Crippen molar-refractivity contribution in [1.29, 1.82) is 0 Å². The fraction of sp³-hybridized carbons (Fsp3) is 0.0312. The average Bonchev–Trinajstić information content (AvgIpc) is 2.93. The molecular formula is C32H27N3. The molecule has 0 radical (unpaired) electrons. The van der Waals surface area contributed by atoms with Crippen LogP contribution >= 0.6 is 0 Å². The van der Waals surface area contributed by atoms with Crippen molar-refractivity contribution in [3.05, 3.63) is 151 Å². The second kappa shape index (κ2) is 10.5. The molecule has 0 saturated carbocycles. The molecule has 0 bridgehead atoms. The third-order valence-electron chi connectivity index (χ3n) is 5.78. The molecule has 0 aliphatic rings. The largest absolute Gasteiger partial charge is 0.311 e. The van der Waals surface area contributed by atoms with E-state index in [1.807, 2.05) is 53.7 Å². The summed E-state index contributed by atoms with van der Waals surface area (Å²) in [5.41, 5.74) is 7.65. The molecule has 5 aromatic rings. The van der Waals surface area contributed by atoms with E-state index in [9.17, 15) is 0 Å². The Morgan fingerprint density at radius 1 is 0.457 bits per heavy atom. The number of anilines is 5. The zero-order valence-corrected chi connectivity index (χ0v) is 19.7. The van der Waals surface area contributed by atoms with Gasteiger partial charge in [-0.2, -0.15) is 5.10 Å². The molecule has 35 heavy (non-hydrogen) atoms. The molecule has 3 nitrogen and oxygen atoms in total. The molecule has 0 aliphatic heterocycles. The van der Waals surface area contributed by atoms with Crippen LogP contribution in [0.5, 0.6) is 0 Å². The third kappa shape index (κ3) is 5.31. The molecule has 0 unspecified atom stereocenters. The minimum atomic E-state index is 1.01. The third-order valence-corrected chi connectivity index (χ3v) is 5.78. The van der Waals surface area contributed by atoms with Crippen LogP contribution in [0, 0.1) is 6.92 Å². The van der Waals surface area contributed by atoms with Gasteiger partial charge in [-0.15, -0.1) is 0 Å². The van der Waals surface area contributed by atoms with E-state index < -0.39 is 0 Å². The van der Waals surface area contributed by atoms with Crippen LogP contribution in [0.3, 0.4) is 0 Å². The molecule has 0 spiro atoms. The van der Waals surface area contributed by atoms with E-state index in [4.69, 9.17) is 5.10 Å². The van der Waals surface area contributed by atoms with Gasteiger partial charge in [0.2, 0.25) is 0 Å². The molecule has 0 aromatic heterocycles. The fourth-order valence-electron chi connectivity index (χ4n) is 3.97. The second-order valence-electron chi connectivity index (χ2n) is 8.33. The van der Waals surface area contributed by atoms with Gasteiger partial charge in [0.25, 0.3) is 0 Å². The quantitative estimate of drug-likeness (QED) is 0.181. The molecule has 0 aliphatic carbocycles.